The molecule has 0 radical (unpaired) electrons. The van der Waals surface area contributed by atoms with Crippen LogP contribution in [0.5, 0.6) is 0 Å². The molecule has 0 aliphatic heterocycles. The molecule has 4 nitrogen and oxygen atoms in total. The largest absolute Gasteiger partial charge is 0.326 e. The number of hydrogen-bond acceptors (Lipinski definition) is 3. The van der Waals surface area contributed by atoms with Crippen LogP contribution in [0.2, 0.25) is 0 Å². The van der Waals surface area contributed by atoms with Gasteiger partial charge in [-0.3, -0.25) is 0 Å². The van der Waals surface area contributed by atoms with E-state index in [-0.39, 0.29) is 5.75 Å². The lowest BCUT2D eigenvalue weighted by atomic mass is 10.1. The van der Waals surface area contributed by atoms with Gasteiger partial charge in [0.2, 0.25) is 10.0 Å². The van der Waals surface area contributed by atoms with Crippen LogP contribution < -0.4 is 10.5 Å². The summed E-state index contributed by atoms with van der Waals surface area (Å²) < 4.78 is 26.3. The fourth-order valence-electron chi connectivity index (χ4n) is 1.87. The minimum absolute atomic E-state index is 0.0442. The average molecular weight is 268 g/mol. The second kappa shape index (κ2) is 5.82. The first kappa shape index (κ1) is 13.5. The fourth-order valence-corrected chi connectivity index (χ4v) is 3.03. The third-order valence-electron chi connectivity index (χ3n) is 3.19. The summed E-state index contributed by atoms with van der Waals surface area (Å²) in [5, 5.41) is 0. The lowest BCUT2D eigenvalue weighted by molar-refractivity contribution is 0.574. The van der Waals surface area contributed by atoms with Gasteiger partial charge in [0.1, 0.15) is 0 Å². The quantitative estimate of drug-likeness (QED) is 0.784. The van der Waals surface area contributed by atoms with E-state index in [0.29, 0.717) is 13.1 Å². The van der Waals surface area contributed by atoms with Crippen molar-refractivity contribution in [2.24, 2.45) is 11.7 Å². The summed E-state index contributed by atoms with van der Waals surface area (Å²) in [6, 6.07) is 7.38. The molecule has 0 heterocycles. The molecule has 2 rings (SSSR count). The molecule has 0 bridgehead atoms. The summed E-state index contributed by atoms with van der Waals surface area (Å²) >= 11 is 0. The zero-order chi connectivity index (χ0) is 13.0. The zero-order valence-corrected chi connectivity index (χ0v) is 11.2. The number of hydrogen-bond donors (Lipinski definition) is 2. The van der Waals surface area contributed by atoms with Crippen molar-refractivity contribution in [2.45, 2.75) is 31.6 Å². The third-order valence-corrected chi connectivity index (χ3v) is 4.54. The first-order chi connectivity index (χ1) is 8.59. The maximum Gasteiger partial charge on any atom is 0.215 e. The van der Waals surface area contributed by atoms with E-state index in [1.807, 2.05) is 24.3 Å². The molecule has 100 valence electrons. The molecule has 0 unspecified atom stereocenters. The van der Waals surface area contributed by atoms with Crippen LogP contribution >= 0.6 is 0 Å². The molecule has 3 N–H and O–H groups in total. The SMILES string of the molecule is NCc1ccc(CS(=O)(=O)NCCC2CC2)cc1. The first-order valence-electron chi connectivity index (χ1n) is 6.34. The molecule has 18 heavy (non-hydrogen) atoms. The van der Waals surface area contributed by atoms with Crippen molar-refractivity contribution in [3.63, 3.8) is 0 Å². The minimum atomic E-state index is -3.20. The number of rotatable bonds is 7. The summed E-state index contributed by atoms with van der Waals surface area (Å²) in [5.41, 5.74) is 7.31. The molecule has 0 spiro atoms. The Morgan fingerprint density at radius 1 is 1.17 bits per heavy atom. The van der Waals surface area contributed by atoms with Gasteiger partial charge < -0.3 is 5.73 Å². The highest BCUT2D eigenvalue weighted by molar-refractivity contribution is 7.88. The van der Waals surface area contributed by atoms with E-state index in [1.165, 1.54) is 12.8 Å². The van der Waals surface area contributed by atoms with Crippen LogP contribution in [0.25, 0.3) is 0 Å². The van der Waals surface area contributed by atoms with Gasteiger partial charge >= 0.3 is 0 Å². The Balaban J connectivity index is 1.84. The van der Waals surface area contributed by atoms with Crippen molar-refractivity contribution >= 4 is 10.0 Å². The van der Waals surface area contributed by atoms with E-state index in [4.69, 9.17) is 5.73 Å². The molecule has 5 heteroatoms. The van der Waals surface area contributed by atoms with Crippen molar-refractivity contribution < 1.29 is 8.42 Å². The smallest absolute Gasteiger partial charge is 0.215 e. The van der Waals surface area contributed by atoms with Gasteiger partial charge in [-0.05, 0) is 23.5 Å². The molecular weight excluding hydrogens is 248 g/mol. The van der Waals surface area contributed by atoms with E-state index in [1.54, 1.807) is 0 Å². The maximum atomic E-state index is 11.8. The van der Waals surface area contributed by atoms with Gasteiger partial charge in [-0.25, -0.2) is 13.1 Å². The highest BCUT2D eigenvalue weighted by atomic mass is 32.2. The molecule has 1 aromatic carbocycles. The Bertz CT molecular complexity index is 478. The second-order valence-corrected chi connectivity index (χ2v) is 6.71. The van der Waals surface area contributed by atoms with Crippen LogP contribution in [0.15, 0.2) is 24.3 Å². The van der Waals surface area contributed by atoms with Crippen molar-refractivity contribution in [2.75, 3.05) is 6.54 Å². The van der Waals surface area contributed by atoms with Gasteiger partial charge in [-0.2, -0.15) is 0 Å². The molecule has 0 saturated heterocycles. The molecule has 1 aromatic rings. The van der Waals surface area contributed by atoms with Crippen molar-refractivity contribution in [1.29, 1.82) is 0 Å². The summed E-state index contributed by atoms with van der Waals surface area (Å²) in [7, 11) is -3.20. The Kier molecular flexibility index (Phi) is 4.37. The van der Waals surface area contributed by atoms with E-state index in [2.05, 4.69) is 4.72 Å². The average Bonchev–Trinajstić information content (AvgIpc) is 3.13. The molecule has 1 aliphatic carbocycles. The van der Waals surface area contributed by atoms with Crippen LogP contribution in [0, 0.1) is 5.92 Å². The van der Waals surface area contributed by atoms with Crippen molar-refractivity contribution in [3.05, 3.63) is 35.4 Å². The van der Waals surface area contributed by atoms with Gasteiger partial charge in [0.15, 0.2) is 0 Å². The second-order valence-electron chi connectivity index (χ2n) is 4.91. The highest BCUT2D eigenvalue weighted by Gasteiger charge is 2.21. The zero-order valence-electron chi connectivity index (χ0n) is 10.4. The topological polar surface area (TPSA) is 72.2 Å². The Labute approximate surface area is 109 Å². The van der Waals surface area contributed by atoms with E-state index < -0.39 is 10.0 Å². The normalized spacial score (nSPS) is 15.8. The van der Waals surface area contributed by atoms with Gasteiger partial charge in [0.25, 0.3) is 0 Å². The van der Waals surface area contributed by atoms with Gasteiger partial charge in [0.05, 0.1) is 5.75 Å². The monoisotopic (exact) mass is 268 g/mol. The van der Waals surface area contributed by atoms with Gasteiger partial charge in [0, 0.05) is 13.1 Å². The van der Waals surface area contributed by atoms with E-state index in [9.17, 15) is 8.42 Å². The van der Waals surface area contributed by atoms with Gasteiger partial charge in [-0.15, -0.1) is 0 Å². The number of nitrogens with one attached hydrogen (secondary N) is 1. The number of sulfonamides is 1. The van der Waals surface area contributed by atoms with E-state index >= 15 is 0 Å². The number of benzene rings is 1. The van der Waals surface area contributed by atoms with Crippen molar-refractivity contribution in [3.8, 4) is 0 Å². The predicted octanol–water partition coefficient (Wildman–Crippen LogP) is 1.36. The minimum Gasteiger partial charge on any atom is -0.326 e. The highest BCUT2D eigenvalue weighted by Crippen LogP contribution is 2.31. The van der Waals surface area contributed by atoms with Gasteiger partial charge in [-0.1, -0.05) is 37.1 Å². The molecule has 0 atom stereocenters. The standard InChI is InChI=1S/C13H20N2O2S/c14-9-12-3-5-13(6-4-12)10-18(16,17)15-8-7-11-1-2-11/h3-6,11,15H,1-2,7-10,14H2. The molecule has 1 fully saturated rings. The maximum absolute atomic E-state index is 11.8. The summed E-state index contributed by atoms with van der Waals surface area (Å²) in [6.45, 7) is 1.04. The number of nitrogens with two attached hydrogens (primary N) is 1. The predicted molar refractivity (Wildman–Crippen MR) is 72.3 cm³/mol. The molecule has 1 saturated carbocycles. The lowest BCUT2D eigenvalue weighted by Gasteiger charge is -2.07. The Morgan fingerprint density at radius 3 is 2.33 bits per heavy atom. The molecule has 1 aliphatic rings. The van der Waals surface area contributed by atoms with Crippen LogP contribution in [-0.2, 0) is 22.3 Å². The summed E-state index contributed by atoms with van der Waals surface area (Å²) in [5.74, 6) is 0.791. The lowest BCUT2D eigenvalue weighted by Crippen LogP contribution is -2.26. The summed E-state index contributed by atoms with van der Waals surface area (Å²) in [6.07, 6.45) is 3.47. The Hall–Kier alpha value is -0.910. The van der Waals surface area contributed by atoms with Crippen LogP contribution in [0.1, 0.15) is 30.4 Å². The molecule has 0 amide bonds. The van der Waals surface area contributed by atoms with E-state index in [0.717, 1.165) is 23.5 Å². The summed E-state index contributed by atoms with van der Waals surface area (Å²) in [4.78, 5) is 0. The van der Waals surface area contributed by atoms with Crippen LogP contribution in [-0.4, -0.2) is 15.0 Å². The van der Waals surface area contributed by atoms with Crippen LogP contribution in [0.3, 0.4) is 0 Å². The third kappa shape index (κ3) is 4.40. The molecule has 0 aromatic heterocycles. The first-order valence-corrected chi connectivity index (χ1v) is 7.99. The van der Waals surface area contributed by atoms with Crippen LogP contribution in [0.4, 0.5) is 0 Å². The van der Waals surface area contributed by atoms with Crippen molar-refractivity contribution in [1.82, 2.24) is 4.72 Å². The molecular formula is C13H20N2O2S. The Morgan fingerprint density at radius 2 is 1.78 bits per heavy atom. The fraction of sp³-hybridized carbons (Fsp3) is 0.538.